The monoisotopic (exact) mass is 248 g/mol. The molecule has 3 heterocycles. The molecule has 4 nitrogen and oxygen atoms in total. The topological polar surface area (TPSA) is 63.8 Å². The average molecular weight is 248 g/mol. The lowest BCUT2D eigenvalue weighted by Crippen LogP contribution is -2.31. The largest absolute Gasteiger partial charge is 0.375 e. The van der Waals surface area contributed by atoms with Crippen molar-refractivity contribution in [2.24, 2.45) is 5.92 Å². The summed E-state index contributed by atoms with van der Waals surface area (Å²) in [6, 6.07) is 2.54. The maximum Gasteiger partial charge on any atom is 0.182 e. The lowest BCUT2D eigenvalue weighted by atomic mass is 9.93. The Labute approximate surface area is 104 Å². The van der Waals surface area contributed by atoms with Crippen molar-refractivity contribution in [3.8, 4) is 0 Å². The Balaban J connectivity index is 1.89. The number of rotatable bonds is 1. The van der Waals surface area contributed by atoms with Crippen molar-refractivity contribution in [2.75, 3.05) is 12.3 Å². The quantitative estimate of drug-likeness (QED) is 0.813. The fourth-order valence-electron chi connectivity index (χ4n) is 2.33. The van der Waals surface area contributed by atoms with Gasteiger partial charge in [0.05, 0.1) is 0 Å². The molecule has 2 aromatic heterocycles. The molecular formula is C12H16N4S. The summed E-state index contributed by atoms with van der Waals surface area (Å²) in [6.45, 7) is 3.37. The first-order valence-electron chi connectivity index (χ1n) is 5.97. The number of anilines is 1. The molecule has 0 aromatic carbocycles. The number of aromatic nitrogens is 2. The van der Waals surface area contributed by atoms with Crippen LogP contribution in [0.4, 0.5) is 5.13 Å². The molecule has 90 valence electrons. The summed E-state index contributed by atoms with van der Waals surface area (Å²) in [6.07, 6.45) is 4.40. The average Bonchev–Trinajstić information content (AvgIpc) is 2.69. The number of thiazole rings is 1. The van der Waals surface area contributed by atoms with Crippen molar-refractivity contribution in [1.29, 1.82) is 0 Å². The predicted molar refractivity (Wildman–Crippen MR) is 71.0 cm³/mol. The Bertz CT molecular complexity index is 528. The fraction of sp³-hybridized carbons (Fsp3) is 0.500. The van der Waals surface area contributed by atoms with Gasteiger partial charge in [-0.05, 0) is 36.9 Å². The second-order valence-corrected chi connectivity index (χ2v) is 5.80. The minimum atomic E-state index is 0.422. The molecule has 3 rings (SSSR count). The molecular weight excluding hydrogens is 232 g/mol. The van der Waals surface area contributed by atoms with Gasteiger partial charge in [0.15, 0.2) is 5.13 Å². The molecule has 1 saturated heterocycles. The third-order valence-corrected chi connectivity index (χ3v) is 4.16. The van der Waals surface area contributed by atoms with Gasteiger partial charge in [-0.3, -0.25) is 0 Å². The Morgan fingerprint density at radius 2 is 2.35 bits per heavy atom. The van der Waals surface area contributed by atoms with Gasteiger partial charge in [0.2, 0.25) is 0 Å². The molecule has 3 N–H and O–H groups in total. The van der Waals surface area contributed by atoms with Gasteiger partial charge in [0.25, 0.3) is 0 Å². The van der Waals surface area contributed by atoms with E-state index in [0.717, 1.165) is 22.8 Å². The summed E-state index contributed by atoms with van der Waals surface area (Å²) in [5, 5.41) is 4.15. The smallest absolute Gasteiger partial charge is 0.182 e. The van der Waals surface area contributed by atoms with Crippen LogP contribution in [-0.2, 0) is 0 Å². The van der Waals surface area contributed by atoms with Gasteiger partial charge in [-0.2, -0.15) is 0 Å². The van der Waals surface area contributed by atoms with Crippen molar-refractivity contribution in [1.82, 2.24) is 15.3 Å². The predicted octanol–water partition coefficient (Wildman–Crippen LogP) is 2.33. The SMILES string of the molecule is C[C@H]1CC[C@H](c2cnc3sc(N)nc3c2)NC1. The lowest BCUT2D eigenvalue weighted by molar-refractivity contribution is 0.332. The van der Waals surface area contributed by atoms with Crippen LogP contribution in [0.3, 0.4) is 0 Å². The molecule has 5 heteroatoms. The van der Waals surface area contributed by atoms with Crippen LogP contribution in [0.1, 0.15) is 31.4 Å². The highest BCUT2D eigenvalue weighted by Gasteiger charge is 2.19. The van der Waals surface area contributed by atoms with Crippen LogP contribution in [0.25, 0.3) is 10.3 Å². The second-order valence-electron chi connectivity index (χ2n) is 4.79. The van der Waals surface area contributed by atoms with E-state index in [9.17, 15) is 0 Å². The van der Waals surface area contributed by atoms with E-state index in [4.69, 9.17) is 5.73 Å². The summed E-state index contributed by atoms with van der Waals surface area (Å²) >= 11 is 1.44. The van der Waals surface area contributed by atoms with Crippen LogP contribution in [-0.4, -0.2) is 16.5 Å². The normalized spacial score (nSPS) is 25.2. The number of nitrogen functional groups attached to an aromatic ring is 1. The molecule has 0 bridgehead atoms. The number of nitrogens with one attached hydrogen (secondary N) is 1. The van der Waals surface area contributed by atoms with Crippen LogP contribution in [0, 0.1) is 5.92 Å². The van der Waals surface area contributed by atoms with Gasteiger partial charge in [0, 0.05) is 12.2 Å². The molecule has 0 unspecified atom stereocenters. The Morgan fingerprint density at radius 3 is 3.12 bits per heavy atom. The van der Waals surface area contributed by atoms with Crippen LogP contribution < -0.4 is 11.1 Å². The van der Waals surface area contributed by atoms with Crippen LogP contribution >= 0.6 is 11.3 Å². The molecule has 1 fully saturated rings. The maximum atomic E-state index is 5.69. The van der Waals surface area contributed by atoms with Crippen molar-refractivity contribution in [3.63, 3.8) is 0 Å². The number of hydrogen-bond donors (Lipinski definition) is 2. The minimum Gasteiger partial charge on any atom is -0.375 e. The van der Waals surface area contributed by atoms with E-state index in [1.807, 2.05) is 6.20 Å². The number of piperidine rings is 1. The van der Waals surface area contributed by atoms with Gasteiger partial charge in [-0.25, -0.2) is 9.97 Å². The molecule has 0 saturated carbocycles. The number of fused-ring (bicyclic) bond motifs is 1. The summed E-state index contributed by atoms with van der Waals surface area (Å²) in [5.74, 6) is 0.776. The third-order valence-electron chi connectivity index (χ3n) is 3.35. The van der Waals surface area contributed by atoms with E-state index in [2.05, 4.69) is 28.3 Å². The van der Waals surface area contributed by atoms with Crippen molar-refractivity contribution >= 4 is 26.8 Å². The molecule has 2 atom stereocenters. The second kappa shape index (κ2) is 4.23. The summed E-state index contributed by atoms with van der Waals surface area (Å²) in [5.41, 5.74) is 7.84. The first kappa shape index (κ1) is 10.9. The van der Waals surface area contributed by atoms with E-state index in [-0.39, 0.29) is 0 Å². The summed E-state index contributed by atoms with van der Waals surface area (Å²) < 4.78 is 0. The van der Waals surface area contributed by atoms with E-state index in [0.29, 0.717) is 11.2 Å². The third kappa shape index (κ3) is 2.12. The number of hydrogen-bond acceptors (Lipinski definition) is 5. The Hall–Kier alpha value is -1.20. The number of nitrogens with zero attached hydrogens (tertiary/aromatic N) is 2. The zero-order valence-electron chi connectivity index (χ0n) is 9.81. The van der Waals surface area contributed by atoms with Gasteiger partial charge in [0.1, 0.15) is 10.3 Å². The van der Waals surface area contributed by atoms with E-state index < -0.39 is 0 Å². The van der Waals surface area contributed by atoms with Crippen LogP contribution in [0.5, 0.6) is 0 Å². The zero-order valence-corrected chi connectivity index (χ0v) is 10.6. The molecule has 0 radical (unpaired) electrons. The van der Waals surface area contributed by atoms with Crippen molar-refractivity contribution in [2.45, 2.75) is 25.8 Å². The first-order valence-corrected chi connectivity index (χ1v) is 6.79. The lowest BCUT2D eigenvalue weighted by Gasteiger charge is -2.27. The number of nitrogens with two attached hydrogens (primary N) is 1. The molecule has 0 amide bonds. The minimum absolute atomic E-state index is 0.422. The Kier molecular flexibility index (Phi) is 2.72. The van der Waals surface area contributed by atoms with E-state index in [1.54, 1.807) is 0 Å². The first-order chi connectivity index (χ1) is 8.22. The van der Waals surface area contributed by atoms with E-state index in [1.165, 1.54) is 29.7 Å². The molecule has 0 spiro atoms. The highest BCUT2D eigenvalue weighted by atomic mass is 32.1. The molecule has 1 aliphatic heterocycles. The zero-order chi connectivity index (χ0) is 11.8. The van der Waals surface area contributed by atoms with Gasteiger partial charge < -0.3 is 11.1 Å². The van der Waals surface area contributed by atoms with Gasteiger partial charge in [-0.15, -0.1) is 0 Å². The van der Waals surface area contributed by atoms with Crippen LogP contribution in [0.2, 0.25) is 0 Å². The highest BCUT2D eigenvalue weighted by molar-refractivity contribution is 7.21. The number of pyridine rings is 1. The molecule has 1 aliphatic rings. The maximum absolute atomic E-state index is 5.69. The Morgan fingerprint density at radius 1 is 1.47 bits per heavy atom. The standard InChI is InChI=1S/C12H16N4S/c1-7-2-3-9(14-5-7)8-4-10-11(15-6-8)17-12(13)16-10/h4,6-7,9,14H,2-3,5H2,1H3,(H2,13,16)/t7-,9+/m0/s1. The van der Waals surface area contributed by atoms with Crippen molar-refractivity contribution in [3.05, 3.63) is 17.8 Å². The van der Waals surface area contributed by atoms with Gasteiger partial charge >= 0.3 is 0 Å². The molecule has 2 aromatic rings. The van der Waals surface area contributed by atoms with Crippen LogP contribution in [0.15, 0.2) is 12.3 Å². The van der Waals surface area contributed by atoms with E-state index >= 15 is 0 Å². The highest BCUT2D eigenvalue weighted by Crippen LogP contribution is 2.28. The molecule has 0 aliphatic carbocycles. The summed E-state index contributed by atoms with van der Waals surface area (Å²) in [7, 11) is 0. The fourth-order valence-corrected chi connectivity index (χ4v) is 2.99. The van der Waals surface area contributed by atoms with Gasteiger partial charge in [-0.1, -0.05) is 18.3 Å². The summed E-state index contributed by atoms with van der Waals surface area (Å²) in [4.78, 5) is 9.65. The van der Waals surface area contributed by atoms with Crippen molar-refractivity contribution < 1.29 is 0 Å². The molecule has 17 heavy (non-hydrogen) atoms.